The molecule has 1 saturated carbocycles. The van der Waals surface area contributed by atoms with Crippen LogP contribution in [0.25, 0.3) is 0 Å². The van der Waals surface area contributed by atoms with Gasteiger partial charge in [-0.05, 0) is 26.0 Å². The Balaban J connectivity index is 1.63. The molecule has 1 aliphatic carbocycles. The van der Waals surface area contributed by atoms with Crippen molar-refractivity contribution in [3.8, 4) is 11.5 Å². The first-order valence-electron chi connectivity index (χ1n) is 8.01. The molecule has 2 fully saturated rings. The van der Waals surface area contributed by atoms with Crippen molar-refractivity contribution in [2.75, 3.05) is 27.2 Å². The van der Waals surface area contributed by atoms with Gasteiger partial charge < -0.3 is 14.8 Å². The molecular formula is C17H24N2O2. The van der Waals surface area contributed by atoms with Gasteiger partial charge in [0.2, 0.25) is 0 Å². The highest BCUT2D eigenvalue weighted by atomic mass is 16.5. The molecule has 2 aliphatic heterocycles. The van der Waals surface area contributed by atoms with E-state index >= 15 is 0 Å². The molecule has 0 amide bonds. The fraction of sp³-hybridized carbons (Fsp3) is 0.647. The van der Waals surface area contributed by atoms with Gasteiger partial charge in [0.15, 0.2) is 0 Å². The number of likely N-dealkylation sites (tertiary alicyclic amines) is 1. The molecule has 0 bridgehead atoms. The van der Waals surface area contributed by atoms with E-state index in [9.17, 15) is 0 Å². The summed E-state index contributed by atoms with van der Waals surface area (Å²) in [5, 5.41) is 3.47. The quantitative estimate of drug-likeness (QED) is 0.925. The van der Waals surface area contributed by atoms with Crippen LogP contribution in [0, 0.1) is 0 Å². The van der Waals surface area contributed by atoms with E-state index in [-0.39, 0.29) is 5.60 Å². The third-order valence-corrected chi connectivity index (χ3v) is 5.26. The van der Waals surface area contributed by atoms with E-state index in [1.165, 1.54) is 24.9 Å². The van der Waals surface area contributed by atoms with Crippen LogP contribution in [0.2, 0.25) is 0 Å². The van der Waals surface area contributed by atoms with Crippen LogP contribution >= 0.6 is 0 Å². The smallest absolute Gasteiger partial charge is 0.128 e. The Hall–Kier alpha value is -1.26. The van der Waals surface area contributed by atoms with E-state index in [0.717, 1.165) is 36.9 Å². The van der Waals surface area contributed by atoms with Crippen LogP contribution in [0.1, 0.15) is 37.3 Å². The van der Waals surface area contributed by atoms with Crippen LogP contribution in [0.3, 0.4) is 0 Å². The average Bonchev–Trinajstić information content (AvgIpc) is 3.29. The summed E-state index contributed by atoms with van der Waals surface area (Å²) in [5.74, 6) is 1.87. The number of ether oxygens (including phenoxy) is 2. The number of methoxy groups -OCH3 is 1. The summed E-state index contributed by atoms with van der Waals surface area (Å²) in [6.07, 6.45) is 4.94. The number of nitrogens with one attached hydrogen (secondary N) is 1. The lowest BCUT2D eigenvalue weighted by molar-refractivity contribution is 0.0386. The Morgan fingerprint density at radius 2 is 2.24 bits per heavy atom. The first kappa shape index (κ1) is 13.4. The monoisotopic (exact) mass is 288 g/mol. The molecule has 4 rings (SSSR count). The molecule has 3 aliphatic rings. The largest absolute Gasteiger partial charge is 0.497 e. The van der Waals surface area contributed by atoms with Crippen molar-refractivity contribution >= 4 is 0 Å². The summed E-state index contributed by atoms with van der Waals surface area (Å²) in [7, 11) is 3.76. The van der Waals surface area contributed by atoms with Crippen LogP contribution in [0.5, 0.6) is 11.5 Å². The zero-order chi connectivity index (χ0) is 14.4. The van der Waals surface area contributed by atoms with Gasteiger partial charge in [-0.1, -0.05) is 6.07 Å². The Morgan fingerprint density at radius 3 is 2.95 bits per heavy atom. The predicted octanol–water partition coefficient (Wildman–Crippen LogP) is 2.35. The molecule has 1 aromatic carbocycles. The van der Waals surface area contributed by atoms with E-state index in [1.807, 2.05) is 19.2 Å². The van der Waals surface area contributed by atoms with Crippen molar-refractivity contribution in [1.29, 1.82) is 0 Å². The van der Waals surface area contributed by atoms with Gasteiger partial charge in [-0.2, -0.15) is 0 Å². The van der Waals surface area contributed by atoms with Crippen molar-refractivity contribution in [3.05, 3.63) is 23.8 Å². The van der Waals surface area contributed by atoms with Gasteiger partial charge >= 0.3 is 0 Å². The first-order valence-corrected chi connectivity index (χ1v) is 8.01. The van der Waals surface area contributed by atoms with E-state index in [4.69, 9.17) is 9.47 Å². The highest BCUT2D eigenvalue weighted by Crippen LogP contribution is 2.46. The van der Waals surface area contributed by atoms with Crippen LogP contribution in [0.4, 0.5) is 0 Å². The van der Waals surface area contributed by atoms with Gasteiger partial charge in [0, 0.05) is 49.6 Å². The SMILES string of the molecule is CNC1CC2(CCN(C3CC3)C2)Oc2cc(OC)ccc21. The lowest BCUT2D eigenvalue weighted by Crippen LogP contribution is -2.46. The maximum Gasteiger partial charge on any atom is 0.128 e. The van der Waals surface area contributed by atoms with Gasteiger partial charge in [-0.15, -0.1) is 0 Å². The number of hydrogen-bond donors (Lipinski definition) is 1. The molecule has 0 radical (unpaired) electrons. The van der Waals surface area contributed by atoms with Crippen molar-refractivity contribution in [1.82, 2.24) is 10.2 Å². The summed E-state index contributed by atoms with van der Waals surface area (Å²) >= 11 is 0. The Bertz CT molecular complexity index is 544. The van der Waals surface area contributed by atoms with E-state index in [1.54, 1.807) is 7.11 Å². The molecule has 4 nitrogen and oxygen atoms in total. The molecule has 21 heavy (non-hydrogen) atoms. The van der Waals surface area contributed by atoms with Gasteiger partial charge in [-0.25, -0.2) is 0 Å². The minimum Gasteiger partial charge on any atom is -0.497 e. The number of rotatable bonds is 3. The number of benzene rings is 1. The highest BCUT2D eigenvalue weighted by molar-refractivity contribution is 5.45. The fourth-order valence-corrected chi connectivity index (χ4v) is 3.91. The Morgan fingerprint density at radius 1 is 1.38 bits per heavy atom. The van der Waals surface area contributed by atoms with Crippen LogP contribution in [0.15, 0.2) is 18.2 Å². The molecule has 1 N–H and O–H groups in total. The second kappa shape index (κ2) is 4.89. The molecule has 1 saturated heterocycles. The molecule has 114 valence electrons. The topological polar surface area (TPSA) is 33.7 Å². The van der Waals surface area contributed by atoms with Gasteiger partial charge in [0.05, 0.1) is 7.11 Å². The summed E-state index contributed by atoms with van der Waals surface area (Å²) in [5.41, 5.74) is 1.24. The molecule has 0 aromatic heterocycles. The summed E-state index contributed by atoms with van der Waals surface area (Å²) in [6.45, 7) is 2.26. The molecular weight excluding hydrogens is 264 g/mol. The summed E-state index contributed by atoms with van der Waals surface area (Å²) < 4.78 is 11.9. The Labute approximate surface area is 126 Å². The standard InChI is InChI=1S/C17H24N2O2/c1-18-15-10-17(7-8-19(11-17)12-3-4-12)21-16-9-13(20-2)5-6-14(15)16/h5-6,9,12,15,18H,3-4,7-8,10-11H2,1-2H3. The number of nitrogens with zero attached hydrogens (tertiary/aromatic N) is 1. The molecule has 1 spiro atoms. The second-order valence-electron chi connectivity index (χ2n) is 6.69. The van der Waals surface area contributed by atoms with Crippen molar-refractivity contribution in [3.63, 3.8) is 0 Å². The van der Waals surface area contributed by atoms with E-state index in [0.29, 0.717) is 6.04 Å². The van der Waals surface area contributed by atoms with E-state index in [2.05, 4.69) is 16.3 Å². The number of fused-ring (bicyclic) bond motifs is 1. The maximum absolute atomic E-state index is 6.50. The van der Waals surface area contributed by atoms with E-state index < -0.39 is 0 Å². The third kappa shape index (κ3) is 2.30. The molecule has 1 aromatic rings. The molecule has 4 heteroatoms. The van der Waals surface area contributed by atoms with Crippen LogP contribution < -0.4 is 14.8 Å². The minimum absolute atomic E-state index is 0.0182. The zero-order valence-corrected chi connectivity index (χ0v) is 12.9. The summed E-state index contributed by atoms with van der Waals surface area (Å²) in [4.78, 5) is 2.62. The van der Waals surface area contributed by atoms with Crippen LogP contribution in [-0.2, 0) is 0 Å². The molecule has 2 heterocycles. The molecule has 2 atom stereocenters. The fourth-order valence-electron chi connectivity index (χ4n) is 3.91. The lowest BCUT2D eigenvalue weighted by atomic mass is 9.86. The highest BCUT2D eigenvalue weighted by Gasteiger charge is 2.48. The van der Waals surface area contributed by atoms with Gasteiger partial charge in [-0.3, -0.25) is 4.90 Å². The minimum atomic E-state index is -0.0182. The zero-order valence-electron chi connectivity index (χ0n) is 12.9. The maximum atomic E-state index is 6.50. The summed E-state index contributed by atoms with van der Waals surface area (Å²) in [6, 6.07) is 7.40. The molecule has 2 unspecified atom stereocenters. The van der Waals surface area contributed by atoms with Gasteiger partial charge in [0.25, 0.3) is 0 Å². The third-order valence-electron chi connectivity index (χ3n) is 5.26. The average molecular weight is 288 g/mol. The van der Waals surface area contributed by atoms with Crippen molar-refractivity contribution < 1.29 is 9.47 Å². The van der Waals surface area contributed by atoms with Crippen molar-refractivity contribution in [2.24, 2.45) is 0 Å². The van der Waals surface area contributed by atoms with Crippen LogP contribution in [-0.4, -0.2) is 43.8 Å². The number of hydrogen-bond acceptors (Lipinski definition) is 4. The Kier molecular flexibility index (Phi) is 3.12. The first-order chi connectivity index (χ1) is 10.2. The normalized spacial score (nSPS) is 32.0. The lowest BCUT2D eigenvalue weighted by Gasteiger charge is -2.40. The van der Waals surface area contributed by atoms with Gasteiger partial charge in [0.1, 0.15) is 17.1 Å². The predicted molar refractivity (Wildman–Crippen MR) is 82.0 cm³/mol. The van der Waals surface area contributed by atoms with Crippen molar-refractivity contribution in [2.45, 2.75) is 43.4 Å². The second-order valence-corrected chi connectivity index (χ2v) is 6.69.